The summed E-state index contributed by atoms with van der Waals surface area (Å²) < 4.78 is 24.6. The summed E-state index contributed by atoms with van der Waals surface area (Å²) in [4.78, 5) is 13.9. The smallest absolute Gasteiger partial charge is 0.225 e. The van der Waals surface area contributed by atoms with Crippen LogP contribution in [0.4, 0.5) is 0 Å². The third-order valence-electron chi connectivity index (χ3n) is 3.50. The summed E-state index contributed by atoms with van der Waals surface area (Å²) in [6, 6.07) is 0. The number of carbonyl (C=O) groups excluding carboxylic acids is 1. The molecule has 0 aromatic carbocycles. The number of nitrogens with one attached hydrogen (secondary N) is 1. The molecular weight excluding hydrogens is 252 g/mol. The Labute approximate surface area is 110 Å². The zero-order valence-corrected chi connectivity index (χ0v) is 12.3. The summed E-state index contributed by atoms with van der Waals surface area (Å²) in [5.74, 6) is 0.495. The van der Waals surface area contributed by atoms with Gasteiger partial charge in [0.1, 0.15) is 0 Å². The predicted octanol–water partition coefficient (Wildman–Crippen LogP) is 0.820. The largest absolute Gasteiger partial charge is 0.342 e. The van der Waals surface area contributed by atoms with Gasteiger partial charge in [0.25, 0.3) is 0 Å². The Morgan fingerprint density at radius 1 is 1.50 bits per heavy atom. The fourth-order valence-electron chi connectivity index (χ4n) is 2.19. The van der Waals surface area contributed by atoms with Crippen LogP contribution in [0.15, 0.2) is 0 Å². The van der Waals surface area contributed by atoms with Crippen molar-refractivity contribution in [2.45, 2.75) is 33.1 Å². The number of hydrogen-bond donors (Lipinski definition) is 1. The van der Waals surface area contributed by atoms with Crippen LogP contribution in [-0.4, -0.2) is 45.1 Å². The lowest BCUT2D eigenvalue weighted by atomic mass is 9.96. The van der Waals surface area contributed by atoms with E-state index in [1.54, 1.807) is 0 Å². The Kier molecular flexibility index (Phi) is 5.59. The van der Waals surface area contributed by atoms with Crippen molar-refractivity contribution in [3.63, 3.8) is 0 Å². The lowest BCUT2D eigenvalue weighted by Gasteiger charge is -2.34. The van der Waals surface area contributed by atoms with Gasteiger partial charge in [-0.1, -0.05) is 13.8 Å². The summed E-state index contributed by atoms with van der Waals surface area (Å²) in [7, 11) is -3.14. The molecule has 2 atom stereocenters. The van der Waals surface area contributed by atoms with Gasteiger partial charge in [-0.05, 0) is 25.2 Å². The number of carbonyl (C=O) groups is 1. The highest BCUT2D eigenvalue weighted by Gasteiger charge is 2.26. The van der Waals surface area contributed by atoms with Gasteiger partial charge in [-0.2, -0.15) is 0 Å². The number of likely N-dealkylation sites (tertiary alicyclic amines) is 1. The third kappa shape index (κ3) is 4.94. The molecule has 1 heterocycles. The van der Waals surface area contributed by atoms with Gasteiger partial charge in [-0.25, -0.2) is 13.1 Å². The average Bonchev–Trinajstić information content (AvgIpc) is 2.34. The van der Waals surface area contributed by atoms with Gasteiger partial charge in [0.15, 0.2) is 0 Å². The Morgan fingerprint density at radius 3 is 2.72 bits per heavy atom. The van der Waals surface area contributed by atoms with Crippen molar-refractivity contribution >= 4 is 15.9 Å². The fraction of sp³-hybridized carbons (Fsp3) is 0.917. The Balaban J connectivity index is 2.48. The van der Waals surface area contributed by atoms with E-state index in [1.807, 2.05) is 18.7 Å². The van der Waals surface area contributed by atoms with Crippen LogP contribution in [0.2, 0.25) is 0 Å². The normalized spacial score (nSPS) is 22.8. The van der Waals surface area contributed by atoms with Crippen molar-refractivity contribution in [2.75, 3.05) is 25.9 Å². The fourth-order valence-corrected chi connectivity index (χ4v) is 2.73. The Hall–Kier alpha value is -0.620. The molecule has 0 aromatic heterocycles. The van der Waals surface area contributed by atoms with E-state index in [-0.39, 0.29) is 17.7 Å². The first kappa shape index (κ1) is 15.4. The molecule has 0 aromatic rings. The predicted molar refractivity (Wildman–Crippen MR) is 71.6 cm³/mol. The molecule has 0 unspecified atom stereocenters. The maximum atomic E-state index is 12.1. The van der Waals surface area contributed by atoms with Gasteiger partial charge in [0, 0.05) is 25.6 Å². The third-order valence-corrected chi connectivity index (χ3v) is 4.19. The van der Waals surface area contributed by atoms with Crippen molar-refractivity contribution < 1.29 is 13.2 Å². The van der Waals surface area contributed by atoms with Crippen LogP contribution in [0.3, 0.4) is 0 Å². The zero-order valence-electron chi connectivity index (χ0n) is 11.5. The van der Waals surface area contributed by atoms with Crippen LogP contribution in [-0.2, 0) is 14.8 Å². The second-order valence-corrected chi connectivity index (χ2v) is 7.06. The van der Waals surface area contributed by atoms with Crippen molar-refractivity contribution in [1.82, 2.24) is 9.62 Å². The number of sulfonamides is 1. The molecule has 6 heteroatoms. The van der Waals surface area contributed by atoms with E-state index in [2.05, 4.69) is 4.72 Å². The van der Waals surface area contributed by atoms with Crippen LogP contribution in [0, 0.1) is 11.8 Å². The lowest BCUT2D eigenvalue weighted by Crippen LogP contribution is -2.45. The summed E-state index contributed by atoms with van der Waals surface area (Å²) in [5, 5.41) is 0. The molecule has 1 amide bonds. The molecule has 0 aliphatic carbocycles. The monoisotopic (exact) mass is 276 g/mol. The minimum atomic E-state index is -3.14. The molecule has 106 valence electrons. The second-order valence-electron chi connectivity index (χ2n) is 5.22. The molecule has 0 radical (unpaired) electrons. The highest BCUT2D eigenvalue weighted by Crippen LogP contribution is 2.18. The maximum absolute atomic E-state index is 12.1. The number of nitrogens with zero attached hydrogens (tertiary/aromatic N) is 1. The van der Waals surface area contributed by atoms with Gasteiger partial charge >= 0.3 is 0 Å². The first-order valence-corrected chi connectivity index (χ1v) is 8.46. The molecule has 0 spiro atoms. The number of rotatable bonds is 5. The molecule has 1 aliphatic rings. The van der Waals surface area contributed by atoms with Crippen LogP contribution in [0.1, 0.15) is 33.1 Å². The summed E-state index contributed by atoms with van der Waals surface area (Å²) in [6.07, 6.45) is 3.95. The van der Waals surface area contributed by atoms with E-state index in [9.17, 15) is 13.2 Å². The molecule has 0 bridgehead atoms. The summed E-state index contributed by atoms with van der Waals surface area (Å²) in [6.45, 7) is 5.86. The minimum absolute atomic E-state index is 0.0617. The first-order chi connectivity index (χ1) is 8.33. The van der Waals surface area contributed by atoms with Gasteiger partial charge in [-0.3, -0.25) is 4.79 Å². The van der Waals surface area contributed by atoms with Crippen LogP contribution in [0.5, 0.6) is 0 Å². The van der Waals surface area contributed by atoms with Crippen molar-refractivity contribution in [1.29, 1.82) is 0 Å². The van der Waals surface area contributed by atoms with Crippen molar-refractivity contribution in [2.24, 2.45) is 11.8 Å². The van der Waals surface area contributed by atoms with E-state index in [4.69, 9.17) is 0 Å². The van der Waals surface area contributed by atoms with E-state index < -0.39 is 10.0 Å². The van der Waals surface area contributed by atoms with Crippen LogP contribution < -0.4 is 4.72 Å². The molecule has 1 saturated heterocycles. The highest BCUT2D eigenvalue weighted by atomic mass is 32.2. The van der Waals surface area contributed by atoms with E-state index >= 15 is 0 Å². The number of piperidine rings is 1. The maximum Gasteiger partial charge on any atom is 0.225 e. The lowest BCUT2D eigenvalue weighted by molar-refractivity contribution is -0.136. The van der Waals surface area contributed by atoms with E-state index in [1.165, 1.54) is 0 Å². The van der Waals surface area contributed by atoms with Crippen molar-refractivity contribution in [3.8, 4) is 0 Å². The number of amides is 1. The van der Waals surface area contributed by atoms with Crippen LogP contribution in [0.25, 0.3) is 0 Å². The Morgan fingerprint density at radius 2 is 2.17 bits per heavy atom. The molecule has 1 N–H and O–H groups in total. The topological polar surface area (TPSA) is 66.5 Å². The number of hydrogen-bond acceptors (Lipinski definition) is 3. The van der Waals surface area contributed by atoms with Gasteiger partial charge < -0.3 is 4.90 Å². The SMILES string of the molecule is CC[C@H](C)C(=O)N1CCC[C@H](CNS(C)(=O)=O)C1. The highest BCUT2D eigenvalue weighted by molar-refractivity contribution is 7.88. The molecular formula is C12H24N2O3S. The quantitative estimate of drug-likeness (QED) is 0.808. The zero-order chi connectivity index (χ0) is 13.8. The second kappa shape index (κ2) is 6.52. The first-order valence-electron chi connectivity index (χ1n) is 6.57. The minimum Gasteiger partial charge on any atom is -0.342 e. The molecule has 0 saturated carbocycles. The van der Waals surface area contributed by atoms with E-state index in [0.717, 1.165) is 32.1 Å². The van der Waals surface area contributed by atoms with Gasteiger partial charge in [0.2, 0.25) is 15.9 Å². The van der Waals surface area contributed by atoms with Gasteiger partial charge in [-0.15, -0.1) is 0 Å². The summed E-state index contributed by atoms with van der Waals surface area (Å²) >= 11 is 0. The van der Waals surface area contributed by atoms with Crippen molar-refractivity contribution in [3.05, 3.63) is 0 Å². The molecule has 5 nitrogen and oxygen atoms in total. The average molecular weight is 276 g/mol. The van der Waals surface area contributed by atoms with E-state index in [0.29, 0.717) is 13.1 Å². The Bertz CT molecular complexity index is 381. The molecule has 1 fully saturated rings. The van der Waals surface area contributed by atoms with Gasteiger partial charge in [0.05, 0.1) is 6.26 Å². The summed E-state index contributed by atoms with van der Waals surface area (Å²) in [5.41, 5.74) is 0. The standard InChI is InChI=1S/C12H24N2O3S/c1-4-10(2)12(15)14-7-5-6-11(9-14)8-13-18(3,16)17/h10-11,13H,4-9H2,1-3H3/t10-,11+/m0/s1. The van der Waals surface area contributed by atoms with Crippen LogP contribution >= 0.6 is 0 Å². The molecule has 1 aliphatic heterocycles. The molecule has 18 heavy (non-hydrogen) atoms. The molecule has 1 rings (SSSR count).